The number of hydrogen-bond donors (Lipinski definition) is 1. The number of nitrogens with zero attached hydrogens (tertiary/aromatic N) is 1. The number of amides is 1. The fourth-order valence-corrected chi connectivity index (χ4v) is 3.13. The van der Waals surface area contributed by atoms with Crippen LogP contribution in [-0.2, 0) is 21.4 Å². The van der Waals surface area contributed by atoms with Crippen molar-refractivity contribution in [1.82, 2.24) is 9.62 Å². The molecule has 0 aliphatic rings. The molecule has 0 aliphatic heterocycles. The lowest BCUT2D eigenvalue weighted by atomic mass is 10.2. The van der Waals surface area contributed by atoms with Gasteiger partial charge in [0.15, 0.2) is 6.61 Å². The summed E-state index contributed by atoms with van der Waals surface area (Å²) in [5.41, 5.74) is 1.36. The number of benzene rings is 2. The predicted molar refractivity (Wildman–Crippen MR) is 101 cm³/mol. The summed E-state index contributed by atoms with van der Waals surface area (Å²) in [5, 5.41) is 2.60. The van der Waals surface area contributed by atoms with Crippen LogP contribution in [0.1, 0.15) is 11.1 Å². The van der Waals surface area contributed by atoms with Gasteiger partial charge in [-0.3, -0.25) is 4.79 Å². The zero-order valence-corrected chi connectivity index (χ0v) is 16.1. The second-order valence-electron chi connectivity index (χ2n) is 6.14. The molecule has 0 aliphatic carbocycles. The minimum absolute atomic E-state index is 0.0312. The third kappa shape index (κ3) is 6.99. The molecule has 2 aromatic rings. The van der Waals surface area contributed by atoms with Gasteiger partial charge in [-0.15, -0.1) is 0 Å². The Kier molecular flexibility index (Phi) is 7.32. The van der Waals surface area contributed by atoms with Gasteiger partial charge in [-0.05, 0) is 25.1 Å². The quantitative estimate of drug-likeness (QED) is 0.707. The molecule has 0 aromatic heterocycles. The van der Waals surface area contributed by atoms with Gasteiger partial charge in [-0.2, -0.15) is 4.31 Å². The Labute approximate surface area is 159 Å². The topological polar surface area (TPSA) is 75.7 Å². The van der Waals surface area contributed by atoms with Gasteiger partial charge in [-0.25, -0.2) is 12.8 Å². The Morgan fingerprint density at radius 1 is 1.15 bits per heavy atom. The smallest absolute Gasteiger partial charge is 0.257 e. The SMILES string of the molecule is Cc1ccc(OCC(=O)NCCN(Cc2ccccc2F)S(C)(=O)=O)cc1. The highest BCUT2D eigenvalue weighted by molar-refractivity contribution is 7.88. The zero-order valence-electron chi connectivity index (χ0n) is 15.3. The summed E-state index contributed by atoms with van der Waals surface area (Å²) in [6.45, 7) is 1.81. The molecular formula is C19H23FN2O4S. The first-order valence-corrected chi connectivity index (χ1v) is 10.3. The molecule has 1 amide bonds. The van der Waals surface area contributed by atoms with E-state index in [2.05, 4.69) is 5.32 Å². The van der Waals surface area contributed by atoms with Crippen molar-refractivity contribution in [1.29, 1.82) is 0 Å². The van der Waals surface area contributed by atoms with Crippen LogP contribution in [-0.4, -0.2) is 44.6 Å². The van der Waals surface area contributed by atoms with Crippen molar-refractivity contribution in [2.75, 3.05) is 26.0 Å². The molecule has 146 valence electrons. The summed E-state index contributed by atoms with van der Waals surface area (Å²) in [6, 6.07) is 13.3. The molecule has 27 heavy (non-hydrogen) atoms. The highest BCUT2D eigenvalue weighted by Crippen LogP contribution is 2.12. The molecule has 0 spiro atoms. The molecule has 0 fully saturated rings. The summed E-state index contributed by atoms with van der Waals surface area (Å²) < 4.78 is 44.1. The lowest BCUT2D eigenvalue weighted by Gasteiger charge is -2.20. The summed E-state index contributed by atoms with van der Waals surface area (Å²) in [7, 11) is -3.55. The standard InChI is InChI=1S/C19H23FN2O4S/c1-15-7-9-17(10-8-15)26-14-19(23)21-11-12-22(27(2,24)25)13-16-5-3-4-6-18(16)20/h3-10H,11-14H2,1-2H3,(H,21,23). The number of sulfonamides is 1. The average molecular weight is 394 g/mol. The number of carbonyl (C=O) groups excluding carboxylic acids is 1. The largest absolute Gasteiger partial charge is 0.484 e. The van der Waals surface area contributed by atoms with Crippen LogP contribution in [0.25, 0.3) is 0 Å². The first kappa shape index (κ1) is 20.9. The number of hydrogen-bond acceptors (Lipinski definition) is 4. The molecule has 0 heterocycles. The van der Waals surface area contributed by atoms with E-state index in [-0.39, 0.29) is 37.7 Å². The molecule has 0 atom stereocenters. The molecule has 0 radical (unpaired) electrons. The maximum absolute atomic E-state index is 13.8. The monoisotopic (exact) mass is 394 g/mol. The fraction of sp³-hybridized carbons (Fsp3) is 0.316. The van der Waals surface area contributed by atoms with Crippen LogP contribution in [0.2, 0.25) is 0 Å². The van der Waals surface area contributed by atoms with Gasteiger partial charge in [0.2, 0.25) is 10.0 Å². The van der Waals surface area contributed by atoms with Crippen molar-refractivity contribution < 1.29 is 22.3 Å². The van der Waals surface area contributed by atoms with Crippen molar-refractivity contribution in [2.24, 2.45) is 0 Å². The van der Waals surface area contributed by atoms with Gasteiger partial charge in [0.25, 0.3) is 5.91 Å². The van der Waals surface area contributed by atoms with Gasteiger partial charge < -0.3 is 10.1 Å². The van der Waals surface area contributed by atoms with Gasteiger partial charge in [0.1, 0.15) is 11.6 Å². The minimum Gasteiger partial charge on any atom is -0.484 e. The van der Waals surface area contributed by atoms with Crippen LogP contribution in [0.15, 0.2) is 48.5 Å². The molecule has 2 aromatic carbocycles. The lowest BCUT2D eigenvalue weighted by Crippen LogP contribution is -2.39. The maximum Gasteiger partial charge on any atom is 0.257 e. The van der Waals surface area contributed by atoms with Gasteiger partial charge in [0.05, 0.1) is 6.26 Å². The van der Waals surface area contributed by atoms with E-state index in [1.165, 1.54) is 18.2 Å². The Morgan fingerprint density at radius 2 is 1.81 bits per heavy atom. The Balaban J connectivity index is 1.83. The molecule has 0 bridgehead atoms. The van der Waals surface area contributed by atoms with E-state index in [4.69, 9.17) is 4.74 Å². The van der Waals surface area contributed by atoms with Crippen molar-refractivity contribution in [3.05, 3.63) is 65.5 Å². The molecule has 1 N–H and O–H groups in total. The number of ether oxygens (including phenoxy) is 1. The van der Waals surface area contributed by atoms with Gasteiger partial charge in [-0.1, -0.05) is 35.9 Å². The van der Waals surface area contributed by atoms with Crippen LogP contribution in [0.4, 0.5) is 4.39 Å². The molecule has 6 nitrogen and oxygen atoms in total. The highest BCUT2D eigenvalue weighted by Gasteiger charge is 2.18. The van der Waals surface area contributed by atoms with Crippen LogP contribution in [0.3, 0.4) is 0 Å². The molecule has 0 saturated carbocycles. The Bertz CT molecular complexity index is 870. The minimum atomic E-state index is -3.55. The van der Waals surface area contributed by atoms with Crippen molar-refractivity contribution in [2.45, 2.75) is 13.5 Å². The van der Waals surface area contributed by atoms with Crippen molar-refractivity contribution >= 4 is 15.9 Å². The van der Waals surface area contributed by atoms with Gasteiger partial charge in [0, 0.05) is 25.2 Å². The van der Waals surface area contributed by atoms with E-state index in [1.807, 2.05) is 19.1 Å². The number of nitrogens with one attached hydrogen (secondary N) is 1. The Morgan fingerprint density at radius 3 is 2.44 bits per heavy atom. The maximum atomic E-state index is 13.8. The molecule has 8 heteroatoms. The highest BCUT2D eigenvalue weighted by atomic mass is 32.2. The number of halogens is 1. The van der Waals surface area contributed by atoms with Crippen LogP contribution in [0, 0.1) is 12.7 Å². The third-order valence-electron chi connectivity index (χ3n) is 3.85. The number of rotatable bonds is 9. The van der Waals surface area contributed by atoms with Crippen molar-refractivity contribution in [3.63, 3.8) is 0 Å². The first-order valence-electron chi connectivity index (χ1n) is 8.40. The first-order chi connectivity index (χ1) is 12.8. The van der Waals surface area contributed by atoms with Crippen molar-refractivity contribution in [3.8, 4) is 5.75 Å². The van der Waals surface area contributed by atoms with E-state index in [1.54, 1.807) is 18.2 Å². The number of aryl methyl sites for hydroxylation is 1. The second kappa shape index (κ2) is 9.48. The van der Waals surface area contributed by atoms with E-state index in [9.17, 15) is 17.6 Å². The van der Waals surface area contributed by atoms with E-state index in [0.717, 1.165) is 16.1 Å². The average Bonchev–Trinajstić information content (AvgIpc) is 2.61. The number of carbonyl (C=O) groups is 1. The van der Waals surface area contributed by atoms with Crippen LogP contribution < -0.4 is 10.1 Å². The summed E-state index contributed by atoms with van der Waals surface area (Å²) >= 11 is 0. The summed E-state index contributed by atoms with van der Waals surface area (Å²) in [6.07, 6.45) is 1.05. The third-order valence-corrected chi connectivity index (χ3v) is 5.10. The molecular weight excluding hydrogens is 371 g/mol. The van der Waals surface area contributed by atoms with E-state index < -0.39 is 15.8 Å². The summed E-state index contributed by atoms with van der Waals surface area (Å²) in [4.78, 5) is 11.9. The normalized spacial score (nSPS) is 11.4. The fourth-order valence-electron chi connectivity index (χ4n) is 2.33. The lowest BCUT2D eigenvalue weighted by molar-refractivity contribution is -0.123. The van der Waals surface area contributed by atoms with Crippen LogP contribution >= 0.6 is 0 Å². The Hall–Kier alpha value is -2.45. The van der Waals surface area contributed by atoms with Gasteiger partial charge >= 0.3 is 0 Å². The molecule has 0 saturated heterocycles. The predicted octanol–water partition coefficient (Wildman–Crippen LogP) is 2.09. The van der Waals surface area contributed by atoms with E-state index in [0.29, 0.717) is 5.75 Å². The van der Waals surface area contributed by atoms with E-state index >= 15 is 0 Å². The molecule has 2 rings (SSSR count). The van der Waals surface area contributed by atoms with Crippen LogP contribution in [0.5, 0.6) is 5.75 Å². The molecule has 0 unspecified atom stereocenters. The second-order valence-corrected chi connectivity index (χ2v) is 8.12. The zero-order chi connectivity index (χ0) is 19.9. The summed E-state index contributed by atoms with van der Waals surface area (Å²) in [5.74, 6) is -0.260.